The van der Waals surface area contributed by atoms with Gasteiger partial charge in [0.25, 0.3) is 0 Å². The summed E-state index contributed by atoms with van der Waals surface area (Å²) < 4.78 is 6.57. The lowest BCUT2D eigenvalue weighted by molar-refractivity contribution is 0.905. The quantitative estimate of drug-likeness (QED) is 0.292. The number of benzene rings is 3. The van der Waals surface area contributed by atoms with Crippen molar-refractivity contribution in [2.24, 2.45) is 0 Å². The normalized spacial score (nSPS) is 11.8. The first-order chi connectivity index (χ1) is 17.6. The van der Waals surface area contributed by atoms with Crippen LogP contribution in [-0.4, -0.2) is 28.7 Å². The van der Waals surface area contributed by atoms with Crippen LogP contribution in [0.4, 0.5) is 0 Å². The number of rotatable bonds is 3. The fraction of sp³-hybridized carbons (Fsp3) is 0.100. The highest BCUT2D eigenvalue weighted by Crippen LogP contribution is 2.29. The Hall–Kier alpha value is -4.71. The van der Waals surface area contributed by atoms with E-state index >= 15 is 0 Å². The Morgan fingerprint density at radius 3 is 1.72 bits per heavy atom. The number of nitrogens with zero attached hydrogens (tertiary/aromatic N) is 6. The monoisotopic (exact) mass is 468 g/mol. The predicted octanol–water partition coefficient (Wildman–Crippen LogP) is 6.63. The van der Waals surface area contributed by atoms with E-state index in [2.05, 4.69) is 87.4 Å². The van der Waals surface area contributed by atoms with E-state index in [1.807, 2.05) is 38.1 Å². The second kappa shape index (κ2) is 7.65. The number of para-hydroxylation sites is 5. The lowest BCUT2D eigenvalue weighted by Crippen LogP contribution is -2.09. The molecular formula is C30H24N6. The first kappa shape index (κ1) is 20.6. The van der Waals surface area contributed by atoms with Gasteiger partial charge in [0.05, 0.1) is 33.3 Å². The maximum Gasteiger partial charge on any atom is 0.143 e. The van der Waals surface area contributed by atoms with E-state index in [9.17, 15) is 0 Å². The van der Waals surface area contributed by atoms with Crippen molar-refractivity contribution in [3.8, 4) is 17.3 Å². The Morgan fingerprint density at radius 2 is 1.03 bits per heavy atom. The molecule has 0 N–H and O–H groups in total. The first-order valence-electron chi connectivity index (χ1n) is 12.1. The van der Waals surface area contributed by atoms with Gasteiger partial charge in [-0.1, -0.05) is 42.5 Å². The summed E-state index contributed by atoms with van der Waals surface area (Å²) in [7, 11) is 0. The maximum absolute atomic E-state index is 5.21. The molecule has 0 fully saturated rings. The number of fused-ring (bicyclic) bond motifs is 3. The Labute approximate surface area is 208 Å². The van der Waals surface area contributed by atoms with Gasteiger partial charge in [-0.05, 0) is 57.2 Å². The standard InChI is InChI=1S/C30H24N6/c1-19-16-22-10-4-7-13-26(22)34(19)29-17-23(35-20(2)31-24-11-5-8-14-27(24)35)18-30(33-29)36-21(3)32-25-12-6-9-15-28(25)36/h4-18H,1-3H3. The highest BCUT2D eigenvalue weighted by Gasteiger charge is 2.18. The Balaban J connectivity index is 1.58. The van der Waals surface area contributed by atoms with Gasteiger partial charge in [-0.15, -0.1) is 0 Å². The van der Waals surface area contributed by atoms with E-state index < -0.39 is 0 Å². The molecule has 4 aromatic heterocycles. The van der Waals surface area contributed by atoms with Gasteiger partial charge in [0.2, 0.25) is 0 Å². The van der Waals surface area contributed by atoms with Gasteiger partial charge in [-0.25, -0.2) is 15.0 Å². The second-order valence-electron chi connectivity index (χ2n) is 9.19. The summed E-state index contributed by atoms with van der Waals surface area (Å²) in [6, 6.07) is 31.4. The summed E-state index contributed by atoms with van der Waals surface area (Å²) in [4.78, 5) is 14.8. The minimum atomic E-state index is 0.822. The van der Waals surface area contributed by atoms with E-state index in [1.165, 1.54) is 5.39 Å². The molecule has 0 aliphatic heterocycles. The van der Waals surface area contributed by atoms with E-state index in [0.717, 1.165) is 62.2 Å². The van der Waals surface area contributed by atoms with Gasteiger partial charge in [0, 0.05) is 23.2 Å². The van der Waals surface area contributed by atoms with Crippen LogP contribution in [0.25, 0.3) is 50.3 Å². The van der Waals surface area contributed by atoms with Crippen LogP contribution in [0.2, 0.25) is 0 Å². The lowest BCUT2D eigenvalue weighted by atomic mass is 10.2. The number of aromatic nitrogens is 6. The Kier molecular flexibility index (Phi) is 4.39. The summed E-state index contributed by atoms with van der Waals surface area (Å²) in [6.45, 7) is 6.21. The van der Waals surface area contributed by atoms with Gasteiger partial charge in [0.15, 0.2) is 0 Å². The van der Waals surface area contributed by atoms with Crippen LogP contribution in [0.3, 0.4) is 0 Å². The molecule has 174 valence electrons. The van der Waals surface area contributed by atoms with E-state index in [1.54, 1.807) is 0 Å². The van der Waals surface area contributed by atoms with Crippen molar-refractivity contribution in [1.29, 1.82) is 0 Å². The van der Waals surface area contributed by atoms with Gasteiger partial charge in [-0.2, -0.15) is 0 Å². The zero-order chi connectivity index (χ0) is 24.4. The Morgan fingerprint density at radius 1 is 0.500 bits per heavy atom. The van der Waals surface area contributed by atoms with E-state index in [4.69, 9.17) is 15.0 Å². The number of hydrogen-bond acceptors (Lipinski definition) is 3. The fourth-order valence-corrected chi connectivity index (χ4v) is 5.35. The smallest absolute Gasteiger partial charge is 0.143 e. The maximum atomic E-state index is 5.21. The molecular weight excluding hydrogens is 444 g/mol. The lowest BCUT2D eigenvalue weighted by Gasteiger charge is -2.16. The minimum absolute atomic E-state index is 0.822. The van der Waals surface area contributed by atoms with Crippen LogP contribution >= 0.6 is 0 Å². The molecule has 0 radical (unpaired) electrons. The van der Waals surface area contributed by atoms with Crippen LogP contribution in [0.15, 0.2) is 91.0 Å². The van der Waals surface area contributed by atoms with Crippen LogP contribution in [-0.2, 0) is 0 Å². The highest BCUT2D eigenvalue weighted by atomic mass is 15.2. The molecule has 0 bridgehead atoms. The SMILES string of the molecule is Cc1cc2ccccc2n1-c1cc(-n2c(C)nc3ccccc32)cc(-n2c(C)nc3ccccc32)n1. The van der Waals surface area contributed by atoms with Crippen molar-refractivity contribution in [2.75, 3.05) is 0 Å². The van der Waals surface area contributed by atoms with Crippen molar-refractivity contribution in [1.82, 2.24) is 28.7 Å². The summed E-state index contributed by atoms with van der Waals surface area (Å²) in [5.74, 6) is 3.51. The molecule has 7 rings (SSSR count). The molecule has 0 saturated carbocycles. The topological polar surface area (TPSA) is 53.5 Å². The molecule has 4 heterocycles. The van der Waals surface area contributed by atoms with Crippen molar-refractivity contribution in [2.45, 2.75) is 20.8 Å². The molecule has 0 amide bonds. The van der Waals surface area contributed by atoms with Crippen LogP contribution < -0.4 is 0 Å². The summed E-state index contributed by atoms with van der Waals surface area (Å²) in [5.41, 5.74) is 7.30. The molecule has 36 heavy (non-hydrogen) atoms. The molecule has 0 spiro atoms. The molecule has 7 aromatic rings. The molecule has 6 heteroatoms. The molecule has 6 nitrogen and oxygen atoms in total. The van der Waals surface area contributed by atoms with E-state index in [-0.39, 0.29) is 0 Å². The van der Waals surface area contributed by atoms with Crippen molar-refractivity contribution >= 4 is 33.0 Å². The molecule has 0 aliphatic carbocycles. The number of imidazole rings is 2. The summed E-state index contributed by atoms with van der Waals surface area (Å²) in [5, 5.41) is 1.19. The minimum Gasteiger partial charge on any atom is -0.298 e. The average molecular weight is 469 g/mol. The summed E-state index contributed by atoms with van der Waals surface area (Å²) in [6.07, 6.45) is 0. The summed E-state index contributed by atoms with van der Waals surface area (Å²) >= 11 is 0. The van der Waals surface area contributed by atoms with Crippen LogP contribution in [0.5, 0.6) is 0 Å². The Bertz CT molecular complexity index is 1700. The number of aryl methyl sites for hydroxylation is 3. The highest BCUT2D eigenvalue weighted by molar-refractivity contribution is 5.84. The van der Waals surface area contributed by atoms with E-state index in [0.29, 0.717) is 0 Å². The molecule has 0 unspecified atom stereocenters. The fourth-order valence-electron chi connectivity index (χ4n) is 5.35. The number of pyridine rings is 1. The van der Waals surface area contributed by atoms with Crippen molar-refractivity contribution in [3.63, 3.8) is 0 Å². The zero-order valence-electron chi connectivity index (χ0n) is 20.3. The molecule has 0 aliphatic rings. The first-order valence-corrected chi connectivity index (χ1v) is 12.1. The predicted molar refractivity (Wildman–Crippen MR) is 145 cm³/mol. The molecule has 0 atom stereocenters. The number of hydrogen-bond donors (Lipinski definition) is 0. The molecule has 0 saturated heterocycles. The zero-order valence-corrected chi connectivity index (χ0v) is 20.3. The van der Waals surface area contributed by atoms with Gasteiger partial charge < -0.3 is 0 Å². The third kappa shape index (κ3) is 3.01. The second-order valence-corrected chi connectivity index (χ2v) is 9.19. The van der Waals surface area contributed by atoms with Crippen molar-refractivity contribution < 1.29 is 0 Å². The third-order valence-corrected chi connectivity index (χ3v) is 6.85. The van der Waals surface area contributed by atoms with Gasteiger partial charge in [-0.3, -0.25) is 13.7 Å². The third-order valence-electron chi connectivity index (χ3n) is 6.85. The van der Waals surface area contributed by atoms with Crippen molar-refractivity contribution in [3.05, 3.63) is 108 Å². The average Bonchev–Trinajstić information content (AvgIpc) is 3.51. The van der Waals surface area contributed by atoms with Gasteiger partial charge >= 0.3 is 0 Å². The van der Waals surface area contributed by atoms with Crippen LogP contribution in [0.1, 0.15) is 17.3 Å². The molecule has 3 aromatic carbocycles. The van der Waals surface area contributed by atoms with Gasteiger partial charge in [0.1, 0.15) is 23.3 Å². The largest absolute Gasteiger partial charge is 0.298 e. The van der Waals surface area contributed by atoms with Crippen LogP contribution in [0, 0.1) is 20.8 Å².